The number of para-hydroxylation sites is 2. The molecule has 0 N–H and O–H groups in total. The van der Waals surface area contributed by atoms with Crippen molar-refractivity contribution in [2.45, 2.75) is 44.8 Å². The number of imidazole rings is 2. The molecule has 3 aromatic heterocycles. The van der Waals surface area contributed by atoms with E-state index in [1.807, 2.05) is 34.9 Å². The second-order valence-electron chi connectivity index (χ2n) is 7.26. The molecule has 4 aromatic rings. The number of aryl methyl sites for hydroxylation is 1. The number of hydrogen-bond donors (Lipinski definition) is 0. The zero-order chi connectivity index (χ0) is 19.1. The number of pyridine rings is 1. The Morgan fingerprint density at radius 1 is 1.11 bits per heavy atom. The predicted molar refractivity (Wildman–Crippen MR) is 106 cm³/mol. The van der Waals surface area contributed by atoms with Crippen LogP contribution in [0.5, 0.6) is 0 Å². The smallest absolute Gasteiger partial charge is 0.326 e. The summed E-state index contributed by atoms with van der Waals surface area (Å²) >= 11 is 0. The first-order valence-electron chi connectivity index (χ1n) is 9.64. The monoisotopic (exact) mass is 372 g/mol. The molecule has 0 spiro atoms. The summed E-state index contributed by atoms with van der Waals surface area (Å²) in [5.41, 5.74) is 3.73. The molecule has 1 aromatic carbocycles. The van der Waals surface area contributed by atoms with Gasteiger partial charge in [-0.15, -0.1) is 0 Å². The molecule has 0 aliphatic heterocycles. The zero-order valence-electron chi connectivity index (χ0n) is 15.5. The topological polar surface area (TPSA) is 81.4 Å². The minimum absolute atomic E-state index is 0.00105. The molecule has 0 amide bonds. The van der Waals surface area contributed by atoms with E-state index in [-0.39, 0.29) is 5.69 Å². The van der Waals surface area contributed by atoms with Crippen LogP contribution in [0.15, 0.2) is 47.5 Å². The highest BCUT2D eigenvalue weighted by molar-refractivity contribution is 5.77. The van der Waals surface area contributed by atoms with Crippen LogP contribution in [0.2, 0.25) is 0 Å². The van der Waals surface area contributed by atoms with Gasteiger partial charge < -0.3 is 4.57 Å². The largest absolute Gasteiger partial charge is 0.329 e. The average Bonchev–Trinajstić information content (AvgIpc) is 3.43. The average molecular weight is 372 g/mol. The number of aromatic nitrogens is 5. The zero-order valence-corrected chi connectivity index (χ0v) is 15.5. The summed E-state index contributed by atoms with van der Waals surface area (Å²) in [5, 5.41) is 8.90. The van der Waals surface area contributed by atoms with E-state index in [9.17, 15) is 4.79 Å². The third-order valence-electron chi connectivity index (χ3n) is 5.38. The molecule has 140 valence electrons. The Labute approximate surface area is 161 Å². The lowest BCUT2D eigenvalue weighted by Crippen LogP contribution is -2.25. The van der Waals surface area contributed by atoms with Crippen molar-refractivity contribution in [3.05, 3.63) is 59.0 Å². The summed E-state index contributed by atoms with van der Waals surface area (Å²) in [7, 11) is 0. The molecule has 7 nitrogen and oxygen atoms in total. The van der Waals surface area contributed by atoms with Gasteiger partial charge >= 0.3 is 5.69 Å². The van der Waals surface area contributed by atoms with E-state index in [4.69, 9.17) is 10.2 Å². The third-order valence-corrected chi connectivity index (χ3v) is 5.38. The molecule has 1 saturated carbocycles. The van der Waals surface area contributed by atoms with Crippen LogP contribution in [0.25, 0.3) is 22.1 Å². The first-order valence-corrected chi connectivity index (χ1v) is 9.64. The minimum atomic E-state index is 0.00105. The number of benzene rings is 1. The van der Waals surface area contributed by atoms with Gasteiger partial charge in [-0.3, -0.25) is 14.1 Å². The van der Waals surface area contributed by atoms with Gasteiger partial charge in [0.1, 0.15) is 5.82 Å². The third kappa shape index (κ3) is 2.69. The molecule has 0 bridgehead atoms. The second kappa shape index (κ2) is 6.64. The normalized spacial score (nSPS) is 14.0. The highest BCUT2D eigenvalue weighted by atomic mass is 16.1. The fourth-order valence-corrected chi connectivity index (χ4v) is 3.92. The van der Waals surface area contributed by atoms with Crippen LogP contribution in [0.3, 0.4) is 0 Å². The van der Waals surface area contributed by atoms with E-state index in [2.05, 4.69) is 15.6 Å². The number of unbranched alkanes of at least 4 members (excludes halogenated alkanes) is 1. The second-order valence-corrected chi connectivity index (χ2v) is 7.26. The molecule has 0 atom stereocenters. The molecule has 1 aliphatic rings. The molecule has 7 heteroatoms. The van der Waals surface area contributed by atoms with Crippen molar-refractivity contribution in [2.24, 2.45) is 0 Å². The van der Waals surface area contributed by atoms with E-state index in [1.54, 1.807) is 17.0 Å². The van der Waals surface area contributed by atoms with Gasteiger partial charge in [0.15, 0.2) is 0 Å². The highest BCUT2D eigenvalue weighted by Gasteiger charge is 2.29. The first-order chi connectivity index (χ1) is 13.8. The van der Waals surface area contributed by atoms with Crippen LogP contribution >= 0.6 is 0 Å². The van der Waals surface area contributed by atoms with Gasteiger partial charge in [0.2, 0.25) is 0 Å². The predicted octanol–water partition coefficient (Wildman–Crippen LogP) is 3.23. The summed E-state index contributed by atoms with van der Waals surface area (Å²) in [4.78, 5) is 22.2. The highest BCUT2D eigenvalue weighted by Crippen LogP contribution is 2.36. The lowest BCUT2D eigenvalue weighted by molar-refractivity contribution is 0.598. The van der Waals surface area contributed by atoms with Gasteiger partial charge in [-0.25, -0.2) is 9.78 Å². The maximum Gasteiger partial charge on any atom is 0.329 e. The van der Waals surface area contributed by atoms with Crippen LogP contribution in [0.4, 0.5) is 0 Å². The molecule has 0 saturated heterocycles. The quantitative estimate of drug-likeness (QED) is 0.487. The lowest BCUT2D eigenvalue weighted by Gasteiger charge is -2.09. The number of hydrogen-bond acceptors (Lipinski definition) is 4. The van der Waals surface area contributed by atoms with Crippen molar-refractivity contribution in [3.63, 3.8) is 0 Å². The van der Waals surface area contributed by atoms with Crippen molar-refractivity contribution >= 4 is 22.1 Å². The summed E-state index contributed by atoms with van der Waals surface area (Å²) in [5.74, 6) is 0.833. The van der Waals surface area contributed by atoms with Crippen LogP contribution in [0.1, 0.15) is 37.5 Å². The molecule has 0 unspecified atom stereocenters. The van der Waals surface area contributed by atoms with Gasteiger partial charge in [0.25, 0.3) is 0 Å². The maximum atomic E-state index is 13.2. The van der Waals surface area contributed by atoms with Crippen molar-refractivity contribution < 1.29 is 0 Å². The SMILES string of the molecule is N#CCCCn1c(Cn2c(=O)n(C3CC3)c3ccncc32)nc2ccccc21. The van der Waals surface area contributed by atoms with Crippen LogP contribution in [-0.2, 0) is 13.1 Å². The molecular formula is C21H20N6O. The molecule has 5 rings (SSSR count). The standard InChI is InChI=1S/C21H20N6O/c22-10-3-4-12-25-17-6-2-1-5-16(17)24-20(25)14-26-19-13-23-11-9-18(19)27(21(26)28)15-7-8-15/h1-2,5-6,9,11,13,15H,3-4,7-8,12,14H2. The van der Waals surface area contributed by atoms with E-state index < -0.39 is 0 Å². The van der Waals surface area contributed by atoms with Gasteiger partial charge in [-0.05, 0) is 37.5 Å². The Morgan fingerprint density at radius 2 is 1.96 bits per heavy atom. The van der Waals surface area contributed by atoms with Crippen LogP contribution < -0.4 is 5.69 Å². The van der Waals surface area contributed by atoms with E-state index in [0.29, 0.717) is 25.6 Å². The molecule has 0 radical (unpaired) electrons. The summed E-state index contributed by atoms with van der Waals surface area (Å²) < 4.78 is 5.82. The number of rotatable bonds is 6. The summed E-state index contributed by atoms with van der Waals surface area (Å²) in [6.07, 6.45) is 6.85. The maximum absolute atomic E-state index is 13.2. The van der Waals surface area contributed by atoms with Gasteiger partial charge in [0, 0.05) is 25.2 Å². The van der Waals surface area contributed by atoms with E-state index >= 15 is 0 Å². The Balaban J connectivity index is 1.63. The lowest BCUT2D eigenvalue weighted by atomic mass is 10.3. The van der Waals surface area contributed by atoms with Gasteiger partial charge in [-0.2, -0.15) is 5.26 Å². The van der Waals surface area contributed by atoms with E-state index in [0.717, 1.165) is 47.2 Å². The Morgan fingerprint density at radius 3 is 2.79 bits per heavy atom. The molecule has 1 aliphatic carbocycles. The van der Waals surface area contributed by atoms with Crippen molar-refractivity contribution in [3.8, 4) is 6.07 Å². The first kappa shape index (κ1) is 16.8. The van der Waals surface area contributed by atoms with Crippen LogP contribution in [0, 0.1) is 11.3 Å². The molecule has 28 heavy (non-hydrogen) atoms. The number of nitriles is 1. The number of fused-ring (bicyclic) bond motifs is 2. The van der Waals surface area contributed by atoms with Crippen molar-refractivity contribution in [1.82, 2.24) is 23.7 Å². The molecule has 3 heterocycles. The van der Waals surface area contributed by atoms with Gasteiger partial charge in [0.05, 0.1) is 40.9 Å². The number of nitrogens with zero attached hydrogens (tertiary/aromatic N) is 6. The van der Waals surface area contributed by atoms with E-state index in [1.165, 1.54) is 0 Å². The fourth-order valence-electron chi connectivity index (χ4n) is 3.92. The Kier molecular flexibility index (Phi) is 3.97. The molecule has 1 fully saturated rings. The van der Waals surface area contributed by atoms with Crippen molar-refractivity contribution in [1.29, 1.82) is 5.26 Å². The van der Waals surface area contributed by atoms with Crippen molar-refractivity contribution in [2.75, 3.05) is 0 Å². The molecular weight excluding hydrogens is 352 g/mol. The fraction of sp³-hybridized carbons (Fsp3) is 0.333. The summed E-state index contributed by atoms with van der Waals surface area (Å²) in [6.45, 7) is 1.10. The summed E-state index contributed by atoms with van der Waals surface area (Å²) in [6, 6.07) is 12.4. The van der Waals surface area contributed by atoms with Crippen LogP contribution in [-0.4, -0.2) is 23.7 Å². The Bertz CT molecular complexity index is 1270. The Hall–Kier alpha value is -3.40. The minimum Gasteiger partial charge on any atom is -0.326 e. The van der Waals surface area contributed by atoms with Gasteiger partial charge in [-0.1, -0.05) is 12.1 Å².